The van der Waals surface area contributed by atoms with Crippen LogP contribution in [0.5, 0.6) is 5.75 Å². The summed E-state index contributed by atoms with van der Waals surface area (Å²) >= 11 is 0. The molecule has 7 heteroatoms. The molecule has 1 atom stereocenters. The van der Waals surface area contributed by atoms with E-state index in [1.54, 1.807) is 18.9 Å². The zero-order chi connectivity index (χ0) is 28.6. The van der Waals surface area contributed by atoms with Crippen LogP contribution in [0.4, 0.5) is 0 Å². The van der Waals surface area contributed by atoms with Gasteiger partial charge in [-0.15, -0.1) is 0 Å². The van der Waals surface area contributed by atoms with Crippen molar-refractivity contribution in [2.75, 3.05) is 33.3 Å². The number of carbonyl (C=O) groups excluding carboxylic acids is 2. The zero-order valence-electron chi connectivity index (χ0n) is 23.8. The molecule has 2 heterocycles. The maximum Gasteiger partial charge on any atom is 0.234 e. The van der Waals surface area contributed by atoms with Gasteiger partial charge in [-0.3, -0.25) is 14.5 Å². The molecule has 1 aromatic heterocycles. The number of benzene rings is 3. The smallest absolute Gasteiger partial charge is 0.234 e. The fourth-order valence-electron chi connectivity index (χ4n) is 5.58. The molecule has 0 radical (unpaired) electrons. The van der Waals surface area contributed by atoms with Crippen LogP contribution in [0.3, 0.4) is 0 Å². The molecular formula is C34H38N4O3. The van der Waals surface area contributed by atoms with Gasteiger partial charge in [-0.1, -0.05) is 72.8 Å². The molecule has 2 amide bonds. The van der Waals surface area contributed by atoms with Gasteiger partial charge >= 0.3 is 0 Å². The first-order valence-electron chi connectivity index (χ1n) is 14.2. The Morgan fingerprint density at radius 1 is 1.00 bits per heavy atom. The van der Waals surface area contributed by atoms with E-state index in [2.05, 4.69) is 51.6 Å². The number of para-hydroxylation sites is 2. The lowest BCUT2D eigenvalue weighted by atomic mass is 9.99. The Bertz CT molecular complexity index is 1510. The average molecular weight is 551 g/mol. The molecule has 0 spiro atoms. The number of hydrogen-bond donors (Lipinski definition) is 2. The number of amides is 2. The predicted octanol–water partition coefficient (Wildman–Crippen LogP) is 5.04. The van der Waals surface area contributed by atoms with E-state index in [1.165, 1.54) is 11.1 Å². The van der Waals surface area contributed by atoms with Gasteiger partial charge in [0.1, 0.15) is 5.75 Å². The van der Waals surface area contributed by atoms with Crippen molar-refractivity contribution in [1.29, 1.82) is 0 Å². The Morgan fingerprint density at radius 2 is 1.76 bits per heavy atom. The normalized spacial score (nSPS) is 14.3. The van der Waals surface area contributed by atoms with E-state index in [0.717, 1.165) is 47.3 Å². The summed E-state index contributed by atoms with van der Waals surface area (Å²) in [6.45, 7) is 4.24. The number of H-pyrrole nitrogens is 1. The van der Waals surface area contributed by atoms with Gasteiger partial charge in [0.25, 0.3) is 0 Å². The van der Waals surface area contributed by atoms with Crippen LogP contribution >= 0.6 is 0 Å². The summed E-state index contributed by atoms with van der Waals surface area (Å²) in [6.07, 6.45) is 5.74. The molecule has 2 N–H and O–H groups in total. The Kier molecular flexibility index (Phi) is 9.16. The van der Waals surface area contributed by atoms with Crippen LogP contribution < -0.4 is 10.1 Å². The van der Waals surface area contributed by atoms with Gasteiger partial charge in [0.15, 0.2) is 0 Å². The fraction of sp³-hybridized carbons (Fsp3) is 0.294. The third kappa shape index (κ3) is 7.24. The number of hydrogen-bond acceptors (Lipinski definition) is 4. The lowest BCUT2D eigenvalue weighted by molar-refractivity contribution is -0.131. The summed E-state index contributed by atoms with van der Waals surface area (Å²) < 4.78 is 5.53. The first-order chi connectivity index (χ1) is 20.0. The lowest BCUT2D eigenvalue weighted by Crippen LogP contribution is -2.49. The van der Waals surface area contributed by atoms with Crippen molar-refractivity contribution in [3.63, 3.8) is 0 Å². The van der Waals surface area contributed by atoms with Gasteiger partial charge in [-0.05, 0) is 41.7 Å². The number of nitrogens with one attached hydrogen (secondary N) is 2. The summed E-state index contributed by atoms with van der Waals surface area (Å²) in [6, 6.07) is 26.0. The Balaban J connectivity index is 1.30. The number of methoxy groups -OCH3 is 1. The molecule has 3 aromatic carbocycles. The summed E-state index contributed by atoms with van der Waals surface area (Å²) in [7, 11) is 1.63. The van der Waals surface area contributed by atoms with E-state index in [0.29, 0.717) is 26.1 Å². The average Bonchev–Trinajstić information content (AvgIpc) is 3.40. The molecule has 1 aliphatic rings. The van der Waals surface area contributed by atoms with Crippen LogP contribution in [0.25, 0.3) is 16.5 Å². The van der Waals surface area contributed by atoms with Crippen LogP contribution in [-0.2, 0) is 22.6 Å². The SMILES string of the molecule is COc1ccccc1CN(CC(Cc1c[nH]c2ccccc12)NC(=O)CN1CC=C(c2ccccc2)CC1)C(C)=O. The molecule has 1 aliphatic heterocycles. The van der Waals surface area contributed by atoms with Gasteiger partial charge in [0.2, 0.25) is 11.8 Å². The molecular weight excluding hydrogens is 512 g/mol. The molecule has 1 unspecified atom stereocenters. The zero-order valence-corrected chi connectivity index (χ0v) is 23.8. The van der Waals surface area contributed by atoms with Gasteiger partial charge in [-0.25, -0.2) is 0 Å². The second kappa shape index (κ2) is 13.3. The molecule has 41 heavy (non-hydrogen) atoms. The number of nitrogens with zero attached hydrogens (tertiary/aromatic N) is 2. The van der Waals surface area contributed by atoms with Crippen molar-refractivity contribution < 1.29 is 14.3 Å². The summed E-state index contributed by atoms with van der Waals surface area (Å²) in [4.78, 5) is 33.5. The molecule has 0 saturated heterocycles. The minimum absolute atomic E-state index is 0.0350. The second-order valence-electron chi connectivity index (χ2n) is 10.6. The minimum Gasteiger partial charge on any atom is -0.496 e. The topological polar surface area (TPSA) is 77.7 Å². The maximum atomic E-state index is 13.4. The third-order valence-corrected chi connectivity index (χ3v) is 7.75. The monoisotopic (exact) mass is 550 g/mol. The number of fused-ring (bicyclic) bond motifs is 1. The lowest BCUT2D eigenvalue weighted by Gasteiger charge is -2.30. The Labute approximate surface area is 241 Å². The highest BCUT2D eigenvalue weighted by Crippen LogP contribution is 2.23. The molecule has 0 bridgehead atoms. The quantitative estimate of drug-likeness (QED) is 0.274. The highest BCUT2D eigenvalue weighted by atomic mass is 16.5. The number of aromatic nitrogens is 1. The maximum absolute atomic E-state index is 13.4. The molecule has 0 saturated carbocycles. The van der Waals surface area contributed by atoms with Crippen molar-refractivity contribution in [3.05, 3.63) is 108 Å². The van der Waals surface area contributed by atoms with Crippen LogP contribution in [0.1, 0.15) is 30.0 Å². The van der Waals surface area contributed by atoms with Crippen molar-refractivity contribution in [2.24, 2.45) is 0 Å². The molecule has 0 fully saturated rings. The van der Waals surface area contributed by atoms with Gasteiger partial charge < -0.3 is 19.9 Å². The largest absolute Gasteiger partial charge is 0.496 e. The molecule has 5 rings (SSSR count). The van der Waals surface area contributed by atoms with Gasteiger partial charge in [0.05, 0.1) is 19.7 Å². The van der Waals surface area contributed by atoms with Gasteiger partial charge in [-0.2, -0.15) is 0 Å². The van der Waals surface area contributed by atoms with Crippen molar-refractivity contribution in [2.45, 2.75) is 32.4 Å². The second-order valence-corrected chi connectivity index (χ2v) is 10.6. The standard InChI is InChI=1S/C34H38N4O3/c1-25(39)38(22-28-12-6-9-15-33(28)41-2)23-30(20-29-21-35-32-14-8-7-13-31(29)32)36-34(40)24-37-18-16-27(17-19-37)26-10-4-3-5-11-26/h3-16,21,30,35H,17-20,22-24H2,1-2H3,(H,36,40). The van der Waals surface area contributed by atoms with E-state index < -0.39 is 0 Å². The first kappa shape index (κ1) is 28.2. The highest BCUT2D eigenvalue weighted by molar-refractivity contribution is 5.83. The Hall–Kier alpha value is -4.36. The predicted molar refractivity (Wildman–Crippen MR) is 163 cm³/mol. The highest BCUT2D eigenvalue weighted by Gasteiger charge is 2.23. The number of rotatable bonds is 11. The van der Waals surface area contributed by atoms with E-state index in [4.69, 9.17) is 4.74 Å². The van der Waals surface area contributed by atoms with E-state index >= 15 is 0 Å². The van der Waals surface area contributed by atoms with Crippen LogP contribution in [-0.4, -0.2) is 65.9 Å². The summed E-state index contributed by atoms with van der Waals surface area (Å²) in [5.74, 6) is 0.653. The summed E-state index contributed by atoms with van der Waals surface area (Å²) in [5, 5.41) is 4.40. The van der Waals surface area contributed by atoms with Crippen molar-refractivity contribution in [1.82, 2.24) is 20.1 Å². The Morgan fingerprint density at radius 3 is 2.51 bits per heavy atom. The van der Waals surface area contributed by atoms with Crippen molar-refractivity contribution >= 4 is 28.3 Å². The third-order valence-electron chi connectivity index (χ3n) is 7.75. The molecule has 7 nitrogen and oxygen atoms in total. The van der Waals surface area contributed by atoms with E-state index in [1.807, 2.05) is 54.7 Å². The van der Waals surface area contributed by atoms with Crippen LogP contribution in [0.2, 0.25) is 0 Å². The number of aromatic amines is 1. The number of carbonyl (C=O) groups is 2. The minimum atomic E-state index is -0.263. The molecule has 212 valence electrons. The molecule has 4 aromatic rings. The van der Waals surface area contributed by atoms with Crippen LogP contribution in [0, 0.1) is 0 Å². The van der Waals surface area contributed by atoms with Crippen LogP contribution in [0.15, 0.2) is 91.1 Å². The first-order valence-corrected chi connectivity index (χ1v) is 14.2. The summed E-state index contributed by atoms with van der Waals surface area (Å²) in [5.41, 5.74) is 5.67. The van der Waals surface area contributed by atoms with Gasteiger partial charge in [0, 0.05) is 55.8 Å². The van der Waals surface area contributed by atoms with E-state index in [-0.39, 0.29) is 17.9 Å². The van der Waals surface area contributed by atoms with Crippen molar-refractivity contribution in [3.8, 4) is 5.75 Å². The van der Waals surface area contributed by atoms with E-state index in [9.17, 15) is 9.59 Å². The number of ether oxygens (including phenoxy) is 1. The molecule has 0 aliphatic carbocycles. The fourth-order valence-corrected chi connectivity index (χ4v) is 5.58.